The van der Waals surface area contributed by atoms with Crippen molar-refractivity contribution in [1.29, 1.82) is 0 Å². The molecule has 0 heterocycles. The topological polar surface area (TPSA) is 24.5 Å². The highest BCUT2D eigenvalue weighted by molar-refractivity contribution is 5.48. The van der Waals surface area contributed by atoms with Crippen LogP contribution in [0.25, 0.3) is 0 Å². The molecular weight excluding hydrogens is 248 g/mol. The van der Waals surface area contributed by atoms with E-state index in [1.807, 2.05) is 6.07 Å². The van der Waals surface area contributed by atoms with Crippen molar-refractivity contribution in [2.24, 2.45) is 5.92 Å². The number of nitrogens with one attached hydrogen (secondary N) is 1. The molecule has 112 valence electrons. The number of anilines is 1. The van der Waals surface area contributed by atoms with Crippen LogP contribution in [0.4, 0.5) is 5.69 Å². The summed E-state index contributed by atoms with van der Waals surface area (Å²) in [5.41, 5.74) is 1.17. The van der Waals surface area contributed by atoms with Crippen molar-refractivity contribution in [2.75, 3.05) is 32.6 Å². The molecule has 0 amide bonds. The zero-order valence-corrected chi connectivity index (χ0v) is 13.1. The predicted octanol–water partition coefficient (Wildman–Crippen LogP) is 3.62. The highest BCUT2D eigenvalue weighted by atomic mass is 16.5. The van der Waals surface area contributed by atoms with Crippen molar-refractivity contribution in [2.45, 2.75) is 38.6 Å². The molecule has 3 heteroatoms. The third-order valence-electron chi connectivity index (χ3n) is 3.97. The van der Waals surface area contributed by atoms with Gasteiger partial charge in [-0.15, -0.1) is 0 Å². The first-order chi connectivity index (χ1) is 9.63. The Bertz CT molecular complexity index is 402. The summed E-state index contributed by atoms with van der Waals surface area (Å²) in [6.07, 6.45) is 5.54. The molecule has 0 saturated heterocycles. The first kappa shape index (κ1) is 15.2. The van der Waals surface area contributed by atoms with Gasteiger partial charge in [0, 0.05) is 24.3 Å². The molecule has 0 aliphatic heterocycles. The minimum absolute atomic E-state index is 0.539. The van der Waals surface area contributed by atoms with Gasteiger partial charge in [0.2, 0.25) is 0 Å². The SMILES string of the molecule is CC(CC1CCC1)Nc1cccc(OCCN(C)C)c1. The molecule has 0 bridgehead atoms. The van der Waals surface area contributed by atoms with Gasteiger partial charge >= 0.3 is 0 Å². The lowest BCUT2D eigenvalue weighted by Gasteiger charge is -2.29. The summed E-state index contributed by atoms with van der Waals surface area (Å²) in [6, 6.07) is 8.85. The number of hydrogen-bond donors (Lipinski definition) is 1. The van der Waals surface area contributed by atoms with Crippen LogP contribution in [0.3, 0.4) is 0 Å². The summed E-state index contributed by atoms with van der Waals surface area (Å²) in [6.45, 7) is 3.95. The molecule has 1 aliphatic rings. The molecule has 1 aromatic rings. The molecule has 0 spiro atoms. The van der Waals surface area contributed by atoms with Crippen LogP contribution in [0, 0.1) is 5.92 Å². The highest BCUT2D eigenvalue weighted by Gasteiger charge is 2.19. The Balaban J connectivity index is 1.78. The number of nitrogens with zero attached hydrogens (tertiary/aromatic N) is 1. The van der Waals surface area contributed by atoms with Crippen LogP contribution >= 0.6 is 0 Å². The van der Waals surface area contributed by atoms with Crippen LogP contribution in [0.5, 0.6) is 5.75 Å². The van der Waals surface area contributed by atoms with E-state index < -0.39 is 0 Å². The van der Waals surface area contributed by atoms with Crippen molar-refractivity contribution in [3.63, 3.8) is 0 Å². The van der Waals surface area contributed by atoms with Crippen LogP contribution in [0.1, 0.15) is 32.6 Å². The van der Waals surface area contributed by atoms with Gasteiger partial charge in [-0.3, -0.25) is 0 Å². The van der Waals surface area contributed by atoms with E-state index in [1.165, 1.54) is 31.4 Å². The normalized spacial score (nSPS) is 16.8. The average molecular weight is 276 g/mol. The van der Waals surface area contributed by atoms with Gasteiger partial charge in [0.25, 0.3) is 0 Å². The van der Waals surface area contributed by atoms with Crippen molar-refractivity contribution < 1.29 is 4.74 Å². The summed E-state index contributed by atoms with van der Waals surface area (Å²) in [4.78, 5) is 2.13. The second kappa shape index (κ2) is 7.53. The third kappa shape index (κ3) is 5.04. The van der Waals surface area contributed by atoms with E-state index in [0.29, 0.717) is 6.04 Å². The van der Waals surface area contributed by atoms with Gasteiger partial charge in [0.05, 0.1) is 0 Å². The fourth-order valence-corrected chi connectivity index (χ4v) is 2.59. The molecule has 1 saturated carbocycles. The zero-order chi connectivity index (χ0) is 14.4. The molecule has 1 fully saturated rings. The Kier molecular flexibility index (Phi) is 5.72. The van der Waals surface area contributed by atoms with E-state index in [1.54, 1.807) is 0 Å². The zero-order valence-electron chi connectivity index (χ0n) is 13.1. The maximum atomic E-state index is 5.77. The molecular formula is C17H28N2O. The van der Waals surface area contributed by atoms with Gasteiger partial charge in [-0.1, -0.05) is 25.3 Å². The molecule has 2 rings (SSSR count). The van der Waals surface area contributed by atoms with E-state index in [2.05, 4.69) is 49.4 Å². The molecule has 1 aromatic carbocycles. The van der Waals surface area contributed by atoms with Gasteiger partial charge < -0.3 is 15.0 Å². The summed E-state index contributed by atoms with van der Waals surface area (Å²) in [5, 5.41) is 3.59. The molecule has 0 aromatic heterocycles. The number of ether oxygens (including phenoxy) is 1. The maximum absolute atomic E-state index is 5.77. The Morgan fingerprint density at radius 2 is 2.15 bits per heavy atom. The van der Waals surface area contributed by atoms with Crippen LogP contribution in [0.15, 0.2) is 24.3 Å². The summed E-state index contributed by atoms with van der Waals surface area (Å²) >= 11 is 0. The average Bonchev–Trinajstić information content (AvgIpc) is 2.34. The predicted molar refractivity (Wildman–Crippen MR) is 85.5 cm³/mol. The van der Waals surface area contributed by atoms with E-state index in [0.717, 1.165) is 24.8 Å². The lowest BCUT2D eigenvalue weighted by Crippen LogP contribution is -2.23. The smallest absolute Gasteiger partial charge is 0.121 e. The standard InChI is InChI=1S/C17H28N2O/c1-14(12-15-6-4-7-15)18-16-8-5-9-17(13-16)20-11-10-19(2)3/h5,8-9,13-15,18H,4,6-7,10-12H2,1-3H3. The summed E-state index contributed by atoms with van der Waals surface area (Å²) in [7, 11) is 4.12. The number of rotatable bonds is 8. The van der Waals surface area contributed by atoms with Gasteiger partial charge in [0.1, 0.15) is 12.4 Å². The van der Waals surface area contributed by atoms with E-state index in [9.17, 15) is 0 Å². The van der Waals surface area contributed by atoms with E-state index >= 15 is 0 Å². The Hall–Kier alpha value is -1.22. The molecule has 1 atom stereocenters. The lowest BCUT2D eigenvalue weighted by atomic mass is 9.81. The van der Waals surface area contributed by atoms with Crippen molar-refractivity contribution in [3.05, 3.63) is 24.3 Å². The second-order valence-corrected chi connectivity index (χ2v) is 6.26. The largest absolute Gasteiger partial charge is 0.492 e. The van der Waals surface area contributed by atoms with Crippen molar-refractivity contribution in [3.8, 4) is 5.75 Å². The fraction of sp³-hybridized carbons (Fsp3) is 0.647. The lowest BCUT2D eigenvalue weighted by molar-refractivity contribution is 0.261. The van der Waals surface area contributed by atoms with Crippen LogP contribution < -0.4 is 10.1 Å². The molecule has 20 heavy (non-hydrogen) atoms. The minimum atomic E-state index is 0.539. The minimum Gasteiger partial charge on any atom is -0.492 e. The molecule has 0 radical (unpaired) electrons. The third-order valence-corrected chi connectivity index (χ3v) is 3.97. The molecule has 3 nitrogen and oxygen atoms in total. The molecule has 1 unspecified atom stereocenters. The van der Waals surface area contributed by atoms with Crippen molar-refractivity contribution >= 4 is 5.69 Å². The van der Waals surface area contributed by atoms with Gasteiger partial charge in [-0.25, -0.2) is 0 Å². The first-order valence-electron chi connectivity index (χ1n) is 7.77. The summed E-state index contributed by atoms with van der Waals surface area (Å²) in [5.74, 6) is 1.89. The van der Waals surface area contributed by atoms with Gasteiger partial charge in [0.15, 0.2) is 0 Å². The fourth-order valence-electron chi connectivity index (χ4n) is 2.59. The van der Waals surface area contributed by atoms with Gasteiger partial charge in [-0.2, -0.15) is 0 Å². The van der Waals surface area contributed by atoms with Crippen molar-refractivity contribution in [1.82, 2.24) is 4.90 Å². The molecule has 1 N–H and O–H groups in total. The highest BCUT2D eigenvalue weighted by Crippen LogP contribution is 2.31. The Labute approximate surface area is 123 Å². The first-order valence-corrected chi connectivity index (χ1v) is 7.77. The van der Waals surface area contributed by atoms with E-state index in [4.69, 9.17) is 4.74 Å². The Morgan fingerprint density at radius 1 is 1.35 bits per heavy atom. The van der Waals surface area contributed by atoms with Gasteiger partial charge in [-0.05, 0) is 45.5 Å². The number of benzene rings is 1. The van der Waals surface area contributed by atoms with Crippen LogP contribution in [0.2, 0.25) is 0 Å². The number of hydrogen-bond acceptors (Lipinski definition) is 3. The van der Waals surface area contributed by atoms with E-state index in [-0.39, 0.29) is 0 Å². The quantitative estimate of drug-likeness (QED) is 0.785. The van der Waals surface area contributed by atoms with Crippen LogP contribution in [-0.4, -0.2) is 38.2 Å². The molecule has 1 aliphatic carbocycles. The summed E-state index contributed by atoms with van der Waals surface area (Å²) < 4.78 is 5.77. The van der Waals surface area contributed by atoms with Crippen LogP contribution in [-0.2, 0) is 0 Å². The second-order valence-electron chi connectivity index (χ2n) is 6.26. The number of likely N-dealkylation sites (N-methyl/N-ethyl adjacent to an activating group) is 1. The monoisotopic (exact) mass is 276 g/mol. The Morgan fingerprint density at radius 3 is 2.80 bits per heavy atom. The maximum Gasteiger partial charge on any atom is 0.121 e.